The molecule has 11 heteroatoms. The molecule has 0 aliphatic rings. The number of nitrogens with two attached hydrogens (primary N) is 1. The summed E-state index contributed by atoms with van der Waals surface area (Å²) < 4.78 is 0. The van der Waals surface area contributed by atoms with E-state index in [0.717, 1.165) is 16.5 Å². The summed E-state index contributed by atoms with van der Waals surface area (Å²) in [6.07, 6.45) is 2.90. The van der Waals surface area contributed by atoms with Gasteiger partial charge in [-0.3, -0.25) is 14.4 Å². The van der Waals surface area contributed by atoms with Crippen molar-refractivity contribution in [1.82, 2.24) is 20.9 Å². The van der Waals surface area contributed by atoms with Crippen LogP contribution in [0.25, 0.3) is 10.9 Å². The molecule has 5 unspecified atom stereocenters. The van der Waals surface area contributed by atoms with Gasteiger partial charge in [-0.25, -0.2) is 4.79 Å². The van der Waals surface area contributed by atoms with Crippen LogP contribution in [0.4, 0.5) is 0 Å². The number of aromatic nitrogens is 1. The van der Waals surface area contributed by atoms with Crippen LogP contribution < -0.4 is 21.7 Å². The van der Waals surface area contributed by atoms with Gasteiger partial charge in [-0.2, -0.15) is 12.6 Å². The zero-order valence-electron chi connectivity index (χ0n) is 21.8. The zero-order chi connectivity index (χ0) is 27.7. The molecule has 2 rings (SSSR count). The van der Waals surface area contributed by atoms with E-state index in [0.29, 0.717) is 12.8 Å². The number of carboxylic acid groups (broad SMARTS) is 1. The van der Waals surface area contributed by atoms with Crippen molar-refractivity contribution >= 4 is 47.2 Å². The monoisotopic (exact) mass is 533 g/mol. The lowest BCUT2D eigenvalue weighted by Gasteiger charge is -2.26. The standard InChI is InChI=1S/C26H39N5O5S/c1-5-15(4)22(27)25(34)30-19(10-14(2)3)23(32)29-20(24(33)31-21(13-37)26(35)36)11-16-12-28-18-9-7-6-8-17(16)18/h6-9,12,14-15,19-22,28,37H,5,10-11,13,27H2,1-4H3,(H,29,32)(H,30,34)(H,31,33)(H,35,36). The molecule has 0 radical (unpaired) electrons. The molecule has 7 N–H and O–H groups in total. The van der Waals surface area contributed by atoms with Crippen molar-refractivity contribution in [3.8, 4) is 0 Å². The molecule has 1 heterocycles. The predicted octanol–water partition coefficient (Wildman–Crippen LogP) is 1.60. The molecule has 0 spiro atoms. The van der Waals surface area contributed by atoms with Crippen LogP contribution in [0.1, 0.15) is 46.1 Å². The van der Waals surface area contributed by atoms with E-state index in [4.69, 9.17) is 5.73 Å². The van der Waals surface area contributed by atoms with E-state index in [2.05, 4.69) is 33.6 Å². The van der Waals surface area contributed by atoms with Crippen molar-refractivity contribution in [2.24, 2.45) is 17.6 Å². The molecule has 1 aromatic carbocycles. The number of fused-ring (bicyclic) bond motifs is 1. The first kappa shape index (κ1) is 30.2. The minimum absolute atomic E-state index is 0.0670. The van der Waals surface area contributed by atoms with E-state index in [1.807, 2.05) is 52.0 Å². The highest BCUT2D eigenvalue weighted by Crippen LogP contribution is 2.19. The fraction of sp³-hybridized carbons (Fsp3) is 0.538. The van der Waals surface area contributed by atoms with E-state index >= 15 is 0 Å². The normalized spacial score (nSPS) is 15.4. The number of carbonyl (C=O) groups is 4. The summed E-state index contributed by atoms with van der Waals surface area (Å²) in [5.41, 5.74) is 7.71. The molecular weight excluding hydrogens is 494 g/mol. The molecule has 0 fully saturated rings. The van der Waals surface area contributed by atoms with Gasteiger partial charge in [-0.05, 0) is 29.9 Å². The number of H-pyrrole nitrogens is 1. The Morgan fingerprint density at radius 2 is 1.57 bits per heavy atom. The SMILES string of the molecule is CCC(C)C(N)C(=O)NC(CC(C)C)C(=O)NC(Cc1c[nH]c2ccccc12)C(=O)NC(CS)C(=O)O. The van der Waals surface area contributed by atoms with Gasteiger partial charge in [0.05, 0.1) is 6.04 Å². The molecule has 0 saturated carbocycles. The molecule has 1 aromatic heterocycles. The maximum atomic E-state index is 13.4. The lowest BCUT2D eigenvalue weighted by Crippen LogP contribution is -2.58. The van der Waals surface area contributed by atoms with Gasteiger partial charge < -0.3 is 31.8 Å². The fourth-order valence-corrected chi connectivity index (χ4v) is 4.19. The molecule has 0 bridgehead atoms. The summed E-state index contributed by atoms with van der Waals surface area (Å²) in [6.45, 7) is 7.63. The summed E-state index contributed by atoms with van der Waals surface area (Å²) >= 11 is 4.01. The molecule has 2 aromatic rings. The zero-order valence-corrected chi connectivity index (χ0v) is 22.7. The summed E-state index contributed by atoms with van der Waals surface area (Å²) in [7, 11) is 0. The van der Waals surface area contributed by atoms with E-state index in [9.17, 15) is 24.3 Å². The Kier molecular flexibility index (Phi) is 11.4. The number of nitrogens with one attached hydrogen (secondary N) is 4. The van der Waals surface area contributed by atoms with Gasteiger partial charge in [0, 0.05) is 29.3 Å². The molecule has 37 heavy (non-hydrogen) atoms. The molecule has 204 valence electrons. The number of rotatable bonds is 14. The number of carboxylic acids is 1. The average molecular weight is 534 g/mol. The Morgan fingerprint density at radius 3 is 2.16 bits per heavy atom. The Morgan fingerprint density at radius 1 is 0.973 bits per heavy atom. The van der Waals surface area contributed by atoms with Crippen molar-refractivity contribution in [1.29, 1.82) is 0 Å². The Hall–Kier alpha value is -3.05. The first-order chi connectivity index (χ1) is 17.5. The summed E-state index contributed by atoms with van der Waals surface area (Å²) in [5.74, 6) is -3.00. The number of amides is 3. The Labute approximate surface area is 222 Å². The smallest absolute Gasteiger partial charge is 0.327 e. The second kappa shape index (κ2) is 14.0. The van der Waals surface area contributed by atoms with Crippen molar-refractivity contribution in [2.75, 3.05) is 5.75 Å². The maximum Gasteiger partial charge on any atom is 0.327 e. The molecule has 0 aliphatic heterocycles. The Bertz CT molecular complexity index is 1090. The van der Waals surface area contributed by atoms with E-state index in [-0.39, 0.29) is 24.0 Å². The van der Waals surface area contributed by atoms with Crippen molar-refractivity contribution < 1.29 is 24.3 Å². The summed E-state index contributed by atoms with van der Waals surface area (Å²) in [4.78, 5) is 53.9. The second-order valence-electron chi connectivity index (χ2n) is 9.81. The number of aromatic amines is 1. The Balaban J connectivity index is 2.30. The van der Waals surface area contributed by atoms with Gasteiger partial charge in [0.2, 0.25) is 17.7 Å². The summed E-state index contributed by atoms with van der Waals surface area (Å²) in [5, 5.41) is 18.2. The van der Waals surface area contributed by atoms with Crippen molar-refractivity contribution in [2.45, 2.75) is 71.1 Å². The van der Waals surface area contributed by atoms with Gasteiger partial charge in [0.15, 0.2) is 0 Å². The molecule has 3 amide bonds. The largest absolute Gasteiger partial charge is 0.480 e. The maximum absolute atomic E-state index is 13.4. The topological polar surface area (TPSA) is 166 Å². The van der Waals surface area contributed by atoms with Crippen LogP contribution in [-0.4, -0.2) is 63.7 Å². The first-order valence-electron chi connectivity index (χ1n) is 12.5. The van der Waals surface area contributed by atoms with Crippen LogP contribution in [0.5, 0.6) is 0 Å². The number of thiol groups is 1. The number of carbonyl (C=O) groups excluding carboxylic acids is 3. The quantitative estimate of drug-likeness (QED) is 0.182. The van der Waals surface area contributed by atoms with Crippen LogP contribution in [0.2, 0.25) is 0 Å². The van der Waals surface area contributed by atoms with Gasteiger partial charge >= 0.3 is 5.97 Å². The van der Waals surface area contributed by atoms with E-state index in [1.54, 1.807) is 6.20 Å². The fourth-order valence-electron chi connectivity index (χ4n) is 3.94. The van der Waals surface area contributed by atoms with Crippen molar-refractivity contribution in [3.05, 3.63) is 36.0 Å². The second-order valence-corrected chi connectivity index (χ2v) is 10.2. The predicted molar refractivity (Wildman–Crippen MR) is 146 cm³/mol. The molecule has 5 atom stereocenters. The third-order valence-corrected chi connectivity index (χ3v) is 6.79. The number of aliphatic carboxylic acids is 1. The molecule has 0 aliphatic carbocycles. The van der Waals surface area contributed by atoms with Gasteiger partial charge in [0.25, 0.3) is 0 Å². The van der Waals surface area contributed by atoms with Gasteiger partial charge in [-0.1, -0.05) is 52.3 Å². The molecule has 0 saturated heterocycles. The minimum atomic E-state index is -1.23. The number of para-hydroxylation sites is 1. The third kappa shape index (κ3) is 8.50. The lowest BCUT2D eigenvalue weighted by atomic mass is 9.97. The van der Waals surface area contributed by atoms with Gasteiger partial charge in [0.1, 0.15) is 18.1 Å². The van der Waals surface area contributed by atoms with Crippen LogP contribution in [-0.2, 0) is 25.6 Å². The van der Waals surface area contributed by atoms with E-state index in [1.165, 1.54) is 0 Å². The van der Waals surface area contributed by atoms with Gasteiger partial charge in [-0.15, -0.1) is 0 Å². The molecular formula is C26H39N5O5S. The lowest BCUT2D eigenvalue weighted by molar-refractivity contribution is -0.141. The van der Waals surface area contributed by atoms with Crippen molar-refractivity contribution in [3.63, 3.8) is 0 Å². The van der Waals surface area contributed by atoms with E-state index < -0.39 is 47.9 Å². The summed E-state index contributed by atoms with van der Waals surface area (Å²) in [6, 6.07) is 3.52. The third-order valence-electron chi connectivity index (χ3n) is 6.43. The van der Waals surface area contributed by atoms with Crippen LogP contribution >= 0.6 is 12.6 Å². The highest BCUT2D eigenvalue weighted by atomic mass is 32.1. The van der Waals surface area contributed by atoms with Crippen LogP contribution in [0.15, 0.2) is 30.5 Å². The van der Waals surface area contributed by atoms with Crippen LogP contribution in [0, 0.1) is 11.8 Å². The molecule has 10 nitrogen and oxygen atoms in total. The number of hydrogen-bond donors (Lipinski definition) is 7. The number of hydrogen-bond acceptors (Lipinski definition) is 6. The average Bonchev–Trinajstić information content (AvgIpc) is 3.27. The minimum Gasteiger partial charge on any atom is -0.480 e. The first-order valence-corrected chi connectivity index (χ1v) is 13.2. The number of benzene rings is 1. The highest BCUT2D eigenvalue weighted by molar-refractivity contribution is 7.80. The van der Waals surface area contributed by atoms with Crippen LogP contribution in [0.3, 0.4) is 0 Å². The highest BCUT2D eigenvalue weighted by Gasteiger charge is 2.31.